The maximum atomic E-state index is 11.9. The van der Waals surface area contributed by atoms with Gasteiger partial charge in [0.2, 0.25) is 0 Å². The Kier molecular flexibility index (Phi) is 9.48. The van der Waals surface area contributed by atoms with Gasteiger partial charge in [0.05, 0.1) is 12.9 Å². The SMILES string of the molecule is CCOC(C=O)Cc1ccc(NC(=O)OCCCc2ccc(OS(C)(=O)=O)cc2)cc1. The van der Waals surface area contributed by atoms with Crippen molar-refractivity contribution in [1.82, 2.24) is 0 Å². The Balaban J connectivity index is 1.70. The zero-order valence-electron chi connectivity index (χ0n) is 17.6. The van der Waals surface area contributed by atoms with Gasteiger partial charge < -0.3 is 18.5 Å². The summed E-state index contributed by atoms with van der Waals surface area (Å²) >= 11 is 0. The van der Waals surface area contributed by atoms with Crippen LogP contribution in [0.1, 0.15) is 24.5 Å². The molecule has 0 aliphatic carbocycles. The summed E-state index contributed by atoms with van der Waals surface area (Å²) in [4.78, 5) is 22.9. The maximum absolute atomic E-state index is 11.9. The van der Waals surface area contributed by atoms with Gasteiger partial charge in [-0.15, -0.1) is 0 Å². The van der Waals surface area contributed by atoms with E-state index in [-0.39, 0.29) is 12.4 Å². The number of amides is 1. The van der Waals surface area contributed by atoms with Crippen molar-refractivity contribution in [3.63, 3.8) is 0 Å². The van der Waals surface area contributed by atoms with Crippen LogP contribution in [0.5, 0.6) is 5.75 Å². The lowest BCUT2D eigenvalue weighted by Gasteiger charge is -2.11. The van der Waals surface area contributed by atoms with Crippen LogP contribution in [0.2, 0.25) is 0 Å². The molecule has 1 unspecified atom stereocenters. The molecule has 0 radical (unpaired) electrons. The van der Waals surface area contributed by atoms with Gasteiger partial charge in [0.1, 0.15) is 18.1 Å². The second-order valence-corrected chi connectivity index (χ2v) is 8.40. The van der Waals surface area contributed by atoms with E-state index in [4.69, 9.17) is 13.7 Å². The Morgan fingerprint density at radius 1 is 1.06 bits per heavy atom. The van der Waals surface area contributed by atoms with Crippen molar-refractivity contribution in [3.8, 4) is 5.75 Å². The summed E-state index contributed by atoms with van der Waals surface area (Å²) in [5.41, 5.74) is 2.49. The molecule has 8 nitrogen and oxygen atoms in total. The van der Waals surface area contributed by atoms with Gasteiger partial charge in [-0.25, -0.2) is 4.79 Å². The number of rotatable bonds is 12. The van der Waals surface area contributed by atoms with Crippen molar-refractivity contribution in [3.05, 3.63) is 59.7 Å². The van der Waals surface area contributed by atoms with Gasteiger partial charge in [-0.2, -0.15) is 8.42 Å². The monoisotopic (exact) mass is 449 g/mol. The predicted octanol–water partition coefficient (Wildman–Crippen LogP) is 3.35. The number of carbonyl (C=O) groups is 2. The fraction of sp³-hybridized carbons (Fsp3) is 0.364. The third-order valence-electron chi connectivity index (χ3n) is 4.18. The van der Waals surface area contributed by atoms with Gasteiger partial charge in [0.15, 0.2) is 0 Å². The lowest BCUT2D eigenvalue weighted by Crippen LogP contribution is -2.17. The van der Waals surface area contributed by atoms with Crippen LogP contribution in [0.4, 0.5) is 10.5 Å². The molecule has 0 spiro atoms. The first-order valence-corrected chi connectivity index (χ1v) is 11.7. The molecule has 0 aliphatic heterocycles. The van der Waals surface area contributed by atoms with Gasteiger partial charge in [0, 0.05) is 18.7 Å². The molecule has 0 bridgehead atoms. The van der Waals surface area contributed by atoms with Gasteiger partial charge in [-0.3, -0.25) is 5.32 Å². The first-order valence-electron chi connectivity index (χ1n) is 9.87. The number of anilines is 1. The van der Waals surface area contributed by atoms with E-state index in [2.05, 4.69) is 5.32 Å². The topological polar surface area (TPSA) is 108 Å². The number of nitrogens with one attached hydrogen (secondary N) is 1. The second-order valence-electron chi connectivity index (χ2n) is 6.83. The van der Waals surface area contributed by atoms with Gasteiger partial charge in [0.25, 0.3) is 0 Å². The molecular weight excluding hydrogens is 422 g/mol. The summed E-state index contributed by atoms with van der Waals surface area (Å²) in [6.45, 7) is 2.54. The molecule has 2 rings (SSSR count). The number of aldehydes is 1. The zero-order chi connectivity index (χ0) is 22.7. The Hall–Kier alpha value is -2.91. The smallest absolute Gasteiger partial charge is 0.411 e. The van der Waals surface area contributed by atoms with E-state index < -0.39 is 22.3 Å². The molecule has 1 N–H and O–H groups in total. The number of hydrogen-bond acceptors (Lipinski definition) is 7. The van der Waals surface area contributed by atoms with Crippen molar-refractivity contribution in [1.29, 1.82) is 0 Å². The largest absolute Gasteiger partial charge is 0.449 e. The molecule has 168 valence electrons. The van der Waals surface area contributed by atoms with Gasteiger partial charge in [-0.05, 0) is 55.2 Å². The Morgan fingerprint density at radius 2 is 1.71 bits per heavy atom. The van der Waals surface area contributed by atoms with Crippen LogP contribution in [-0.2, 0) is 37.2 Å². The molecule has 9 heteroatoms. The average molecular weight is 450 g/mol. The highest BCUT2D eigenvalue weighted by Crippen LogP contribution is 2.15. The van der Waals surface area contributed by atoms with Crippen LogP contribution in [0.25, 0.3) is 0 Å². The summed E-state index contributed by atoms with van der Waals surface area (Å²) in [6, 6.07) is 13.8. The highest BCUT2D eigenvalue weighted by molar-refractivity contribution is 7.86. The van der Waals surface area contributed by atoms with Crippen LogP contribution in [0.3, 0.4) is 0 Å². The normalized spacial score (nSPS) is 12.1. The van der Waals surface area contributed by atoms with Crippen molar-refractivity contribution < 1.29 is 31.7 Å². The van der Waals surface area contributed by atoms with Crippen molar-refractivity contribution in [2.24, 2.45) is 0 Å². The minimum atomic E-state index is -3.54. The van der Waals surface area contributed by atoms with E-state index >= 15 is 0 Å². The van der Waals surface area contributed by atoms with Crippen LogP contribution in [-0.4, -0.2) is 46.4 Å². The Labute approximate surface area is 182 Å². The minimum Gasteiger partial charge on any atom is -0.449 e. The molecule has 1 amide bonds. The lowest BCUT2D eigenvalue weighted by molar-refractivity contribution is -0.117. The quantitative estimate of drug-likeness (QED) is 0.301. The van der Waals surface area contributed by atoms with Crippen molar-refractivity contribution in [2.75, 3.05) is 24.8 Å². The number of aryl methyl sites for hydroxylation is 1. The third kappa shape index (κ3) is 9.63. The van der Waals surface area contributed by atoms with Crippen LogP contribution < -0.4 is 9.50 Å². The zero-order valence-corrected chi connectivity index (χ0v) is 18.4. The lowest BCUT2D eigenvalue weighted by atomic mass is 10.1. The van der Waals surface area contributed by atoms with E-state index in [0.29, 0.717) is 31.6 Å². The summed E-state index contributed by atoms with van der Waals surface area (Å²) in [7, 11) is -3.54. The van der Waals surface area contributed by atoms with Crippen molar-refractivity contribution >= 4 is 28.2 Å². The van der Waals surface area contributed by atoms with Crippen molar-refractivity contribution in [2.45, 2.75) is 32.3 Å². The average Bonchev–Trinajstić information content (AvgIpc) is 2.72. The summed E-state index contributed by atoms with van der Waals surface area (Å²) in [5, 5.41) is 2.65. The fourth-order valence-electron chi connectivity index (χ4n) is 2.80. The van der Waals surface area contributed by atoms with E-state index in [1.165, 1.54) is 0 Å². The van der Waals surface area contributed by atoms with E-state index in [0.717, 1.165) is 23.7 Å². The molecule has 0 aliphatic rings. The number of carbonyl (C=O) groups excluding carboxylic acids is 2. The van der Waals surface area contributed by atoms with Gasteiger partial charge >= 0.3 is 16.2 Å². The molecule has 2 aromatic carbocycles. The standard InChI is InChI=1S/C22H27NO7S/c1-3-28-21(16-24)15-18-6-10-19(11-7-18)23-22(25)29-14-4-5-17-8-12-20(13-9-17)30-31(2,26)27/h6-13,16,21H,3-5,14-15H2,1-2H3,(H,23,25). The molecular formula is C22H27NO7S. The van der Waals surface area contributed by atoms with E-state index in [1.54, 1.807) is 36.4 Å². The van der Waals surface area contributed by atoms with E-state index in [9.17, 15) is 18.0 Å². The number of benzene rings is 2. The molecule has 1 atom stereocenters. The highest BCUT2D eigenvalue weighted by Gasteiger charge is 2.09. The highest BCUT2D eigenvalue weighted by atomic mass is 32.2. The third-order valence-corrected chi connectivity index (χ3v) is 4.68. The molecule has 0 heterocycles. The first kappa shape index (κ1) is 24.4. The van der Waals surface area contributed by atoms with E-state index in [1.807, 2.05) is 19.1 Å². The minimum absolute atomic E-state index is 0.237. The van der Waals surface area contributed by atoms with Gasteiger partial charge in [-0.1, -0.05) is 24.3 Å². The summed E-state index contributed by atoms with van der Waals surface area (Å²) in [6.07, 6.45) is 2.50. The molecule has 31 heavy (non-hydrogen) atoms. The number of hydrogen-bond donors (Lipinski definition) is 1. The molecule has 0 saturated heterocycles. The second kappa shape index (κ2) is 12.1. The maximum Gasteiger partial charge on any atom is 0.411 e. The fourth-order valence-corrected chi connectivity index (χ4v) is 3.26. The van der Waals surface area contributed by atoms with Crippen LogP contribution in [0.15, 0.2) is 48.5 Å². The van der Waals surface area contributed by atoms with Crippen LogP contribution in [0, 0.1) is 0 Å². The molecule has 0 fully saturated rings. The Morgan fingerprint density at radius 3 is 2.29 bits per heavy atom. The molecule has 2 aromatic rings. The Bertz CT molecular complexity index is 941. The molecule has 0 aromatic heterocycles. The molecule has 0 saturated carbocycles. The first-order chi connectivity index (χ1) is 14.8. The summed E-state index contributed by atoms with van der Waals surface area (Å²) in [5.74, 6) is 0.257. The predicted molar refractivity (Wildman–Crippen MR) is 117 cm³/mol. The summed E-state index contributed by atoms with van der Waals surface area (Å²) < 4.78 is 37.5. The number of ether oxygens (including phenoxy) is 2. The van der Waals surface area contributed by atoms with Crippen LogP contribution >= 0.6 is 0 Å².